The molecule has 0 bridgehead atoms. The van der Waals surface area contributed by atoms with E-state index in [2.05, 4.69) is 27.3 Å². The van der Waals surface area contributed by atoms with Gasteiger partial charge in [-0.15, -0.1) is 0 Å². The predicted octanol–water partition coefficient (Wildman–Crippen LogP) is 3.66. The van der Waals surface area contributed by atoms with Crippen molar-refractivity contribution < 1.29 is 4.74 Å². The summed E-state index contributed by atoms with van der Waals surface area (Å²) >= 11 is 3.40. The maximum Gasteiger partial charge on any atom is 0.135 e. The lowest BCUT2D eigenvalue weighted by Gasteiger charge is -2.11. The first kappa shape index (κ1) is 13.2. The summed E-state index contributed by atoms with van der Waals surface area (Å²) in [6.45, 7) is 0. The fourth-order valence-electron chi connectivity index (χ4n) is 1.64. The van der Waals surface area contributed by atoms with Crippen molar-refractivity contribution in [2.45, 2.75) is 0 Å². The van der Waals surface area contributed by atoms with Crippen molar-refractivity contribution in [2.75, 3.05) is 18.2 Å². The molecule has 0 amide bonds. The Kier molecular flexibility index (Phi) is 3.93. The molecule has 0 aliphatic heterocycles. The Morgan fingerprint density at radius 2 is 2.05 bits per heavy atom. The minimum atomic E-state index is 0.529. The Hall–Kier alpha value is -2.19. The average molecular weight is 318 g/mol. The normalized spacial score (nSPS) is 9.74. The maximum absolute atomic E-state index is 8.79. The van der Waals surface area contributed by atoms with E-state index in [4.69, 9.17) is 15.7 Å². The van der Waals surface area contributed by atoms with Crippen molar-refractivity contribution in [2.24, 2.45) is 0 Å². The Labute approximate surface area is 119 Å². The number of methoxy groups -OCH3 is 1. The van der Waals surface area contributed by atoms with E-state index in [1.165, 1.54) is 0 Å². The fraction of sp³-hybridized carbons (Fsp3) is 0.0714. The number of halogens is 1. The summed E-state index contributed by atoms with van der Waals surface area (Å²) in [5.41, 5.74) is 8.57. The van der Waals surface area contributed by atoms with Gasteiger partial charge in [0.15, 0.2) is 0 Å². The van der Waals surface area contributed by atoms with Gasteiger partial charge in [-0.1, -0.05) is 0 Å². The Morgan fingerprint density at radius 3 is 2.68 bits per heavy atom. The van der Waals surface area contributed by atoms with Gasteiger partial charge in [-0.05, 0) is 46.3 Å². The first-order valence-electron chi connectivity index (χ1n) is 5.54. The number of rotatable bonds is 3. The molecule has 19 heavy (non-hydrogen) atoms. The number of anilines is 3. The van der Waals surface area contributed by atoms with Crippen LogP contribution in [0.4, 0.5) is 17.1 Å². The van der Waals surface area contributed by atoms with Gasteiger partial charge >= 0.3 is 0 Å². The third-order valence-electron chi connectivity index (χ3n) is 2.61. The summed E-state index contributed by atoms with van der Waals surface area (Å²) in [6.07, 6.45) is 0. The van der Waals surface area contributed by atoms with Crippen molar-refractivity contribution in [3.63, 3.8) is 0 Å². The molecule has 0 atom stereocenters. The topological polar surface area (TPSA) is 71.1 Å². The molecule has 0 aliphatic carbocycles. The van der Waals surface area contributed by atoms with E-state index in [0.29, 0.717) is 11.3 Å². The highest BCUT2D eigenvalue weighted by atomic mass is 79.9. The molecule has 2 aromatic carbocycles. The summed E-state index contributed by atoms with van der Waals surface area (Å²) in [5.74, 6) is 0.734. The van der Waals surface area contributed by atoms with Gasteiger partial charge < -0.3 is 15.8 Å². The second-order valence-corrected chi connectivity index (χ2v) is 4.74. The van der Waals surface area contributed by atoms with Crippen LogP contribution in [-0.2, 0) is 0 Å². The minimum Gasteiger partial charge on any atom is -0.495 e. The number of nitrogens with zero attached hydrogens (tertiary/aromatic N) is 1. The second kappa shape index (κ2) is 5.63. The van der Waals surface area contributed by atoms with Gasteiger partial charge in [-0.25, -0.2) is 0 Å². The van der Waals surface area contributed by atoms with E-state index in [1.807, 2.05) is 18.2 Å². The molecule has 0 unspecified atom stereocenters. The zero-order valence-electron chi connectivity index (χ0n) is 10.3. The van der Waals surface area contributed by atoms with Gasteiger partial charge in [-0.2, -0.15) is 5.26 Å². The number of nitriles is 1. The van der Waals surface area contributed by atoms with Crippen LogP contribution < -0.4 is 15.8 Å². The monoisotopic (exact) mass is 317 g/mol. The van der Waals surface area contributed by atoms with Gasteiger partial charge in [0.05, 0.1) is 34.6 Å². The number of nitrogen functional groups attached to an aromatic ring is 1. The number of hydrogen-bond donors (Lipinski definition) is 2. The number of nitrogens with two attached hydrogens (primary N) is 1. The van der Waals surface area contributed by atoms with Crippen LogP contribution in [-0.4, -0.2) is 7.11 Å². The van der Waals surface area contributed by atoms with Gasteiger partial charge in [0, 0.05) is 11.8 Å². The molecule has 0 saturated heterocycles. The number of ether oxygens (including phenoxy) is 1. The number of nitrogens with one attached hydrogen (secondary N) is 1. The number of hydrogen-bond acceptors (Lipinski definition) is 4. The van der Waals surface area contributed by atoms with Crippen LogP contribution in [0.5, 0.6) is 5.75 Å². The molecular formula is C14H12BrN3O. The SMILES string of the molecule is COc1cc(Nc2ccc(C#N)cc2N)ccc1Br. The second-order valence-electron chi connectivity index (χ2n) is 3.89. The molecule has 2 rings (SSSR count). The average Bonchev–Trinajstić information content (AvgIpc) is 2.43. The summed E-state index contributed by atoms with van der Waals surface area (Å²) in [7, 11) is 1.61. The molecule has 4 nitrogen and oxygen atoms in total. The lowest BCUT2D eigenvalue weighted by molar-refractivity contribution is 0.412. The van der Waals surface area contributed by atoms with Crippen molar-refractivity contribution in [3.8, 4) is 11.8 Å². The van der Waals surface area contributed by atoms with Crippen LogP contribution in [0.25, 0.3) is 0 Å². The van der Waals surface area contributed by atoms with E-state index in [0.717, 1.165) is 21.6 Å². The highest BCUT2D eigenvalue weighted by molar-refractivity contribution is 9.10. The van der Waals surface area contributed by atoms with Crippen molar-refractivity contribution in [1.82, 2.24) is 0 Å². The third kappa shape index (κ3) is 2.98. The molecule has 0 spiro atoms. The van der Waals surface area contributed by atoms with Crippen LogP contribution >= 0.6 is 15.9 Å². The standard InChI is InChI=1S/C14H12BrN3O/c1-19-14-7-10(3-4-11(14)15)18-13-5-2-9(8-16)6-12(13)17/h2-7,18H,17H2,1H3. The first-order valence-corrected chi connectivity index (χ1v) is 6.33. The van der Waals surface area contributed by atoms with E-state index in [-0.39, 0.29) is 0 Å². The molecule has 96 valence electrons. The van der Waals surface area contributed by atoms with Crippen LogP contribution in [0.3, 0.4) is 0 Å². The molecular weight excluding hydrogens is 306 g/mol. The zero-order valence-corrected chi connectivity index (χ0v) is 11.9. The molecule has 0 aromatic heterocycles. The van der Waals surface area contributed by atoms with Crippen LogP contribution in [0.1, 0.15) is 5.56 Å². The lowest BCUT2D eigenvalue weighted by Crippen LogP contribution is -1.97. The van der Waals surface area contributed by atoms with Gasteiger partial charge in [-0.3, -0.25) is 0 Å². The third-order valence-corrected chi connectivity index (χ3v) is 3.27. The van der Waals surface area contributed by atoms with E-state index in [9.17, 15) is 0 Å². The molecule has 0 fully saturated rings. The van der Waals surface area contributed by atoms with Gasteiger partial charge in [0.25, 0.3) is 0 Å². The minimum absolute atomic E-state index is 0.529. The highest BCUT2D eigenvalue weighted by Crippen LogP contribution is 2.31. The fourth-order valence-corrected chi connectivity index (χ4v) is 2.05. The molecule has 0 heterocycles. The Morgan fingerprint density at radius 1 is 1.26 bits per heavy atom. The van der Waals surface area contributed by atoms with Crippen molar-refractivity contribution in [3.05, 3.63) is 46.4 Å². The molecule has 0 aliphatic rings. The lowest BCUT2D eigenvalue weighted by atomic mass is 10.2. The van der Waals surface area contributed by atoms with Gasteiger partial charge in [0.1, 0.15) is 5.75 Å². The quantitative estimate of drug-likeness (QED) is 0.847. The van der Waals surface area contributed by atoms with Crippen LogP contribution in [0.15, 0.2) is 40.9 Å². The molecule has 0 radical (unpaired) electrons. The molecule has 5 heteroatoms. The highest BCUT2D eigenvalue weighted by Gasteiger charge is 2.04. The Bertz CT molecular complexity index is 650. The number of benzene rings is 2. The first-order chi connectivity index (χ1) is 9.13. The van der Waals surface area contributed by atoms with Crippen molar-refractivity contribution in [1.29, 1.82) is 5.26 Å². The molecule has 3 N–H and O–H groups in total. The summed E-state index contributed by atoms with van der Waals surface area (Å²) in [6, 6.07) is 12.8. The van der Waals surface area contributed by atoms with Crippen LogP contribution in [0.2, 0.25) is 0 Å². The van der Waals surface area contributed by atoms with E-state index < -0.39 is 0 Å². The smallest absolute Gasteiger partial charge is 0.135 e. The van der Waals surface area contributed by atoms with Crippen molar-refractivity contribution >= 4 is 33.0 Å². The van der Waals surface area contributed by atoms with Gasteiger partial charge in [0.2, 0.25) is 0 Å². The summed E-state index contributed by atoms with van der Waals surface area (Å²) in [4.78, 5) is 0. The maximum atomic E-state index is 8.79. The summed E-state index contributed by atoms with van der Waals surface area (Å²) in [5, 5.41) is 12.0. The van der Waals surface area contributed by atoms with E-state index in [1.54, 1.807) is 25.3 Å². The Balaban J connectivity index is 2.29. The molecule has 2 aromatic rings. The predicted molar refractivity (Wildman–Crippen MR) is 79.5 cm³/mol. The largest absolute Gasteiger partial charge is 0.495 e. The molecule has 0 saturated carbocycles. The summed E-state index contributed by atoms with van der Waals surface area (Å²) < 4.78 is 6.11. The van der Waals surface area contributed by atoms with Crippen LogP contribution in [0, 0.1) is 11.3 Å². The van der Waals surface area contributed by atoms with E-state index >= 15 is 0 Å². The zero-order chi connectivity index (χ0) is 13.8.